The molecule has 2 aromatic heterocycles. The van der Waals surface area contributed by atoms with Gasteiger partial charge in [0.1, 0.15) is 11.9 Å². The van der Waals surface area contributed by atoms with Crippen LogP contribution in [0, 0.1) is 41.2 Å². The summed E-state index contributed by atoms with van der Waals surface area (Å²) >= 11 is 2.93. The zero-order valence-electron chi connectivity index (χ0n) is 18.1. The highest BCUT2D eigenvalue weighted by atomic mass is 79.9. The van der Waals surface area contributed by atoms with Crippen LogP contribution < -0.4 is 5.46 Å². The first kappa shape index (κ1) is 28.1. The van der Waals surface area contributed by atoms with Crippen molar-refractivity contribution < 1.29 is 27.6 Å². The molecular formula is C24H14BBrF4N4O2. The van der Waals surface area contributed by atoms with Gasteiger partial charge in [-0.25, -0.2) is 22.4 Å². The average molecular weight is 557 g/mol. The Labute approximate surface area is 212 Å². The van der Waals surface area contributed by atoms with Crippen molar-refractivity contribution in [3.63, 3.8) is 0 Å². The largest absolute Gasteiger partial charge is 0.488 e. The zero-order chi connectivity index (χ0) is 26.7. The van der Waals surface area contributed by atoms with Crippen LogP contribution in [0.2, 0.25) is 0 Å². The van der Waals surface area contributed by atoms with Crippen LogP contribution in [0.15, 0.2) is 77.8 Å². The average Bonchev–Trinajstić information content (AvgIpc) is 2.89. The van der Waals surface area contributed by atoms with Crippen LogP contribution in [-0.4, -0.2) is 27.1 Å². The molecule has 0 amide bonds. The van der Waals surface area contributed by atoms with E-state index in [-0.39, 0.29) is 11.3 Å². The van der Waals surface area contributed by atoms with Crippen LogP contribution in [0.1, 0.15) is 5.56 Å². The molecule has 0 atom stereocenters. The summed E-state index contributed by atoms with van der Waals surface area (Å²) in [6, 6.07) is 12.5. The maximum absolute atomic E-state index is 13.2. The van der Waals surface area contributed by atoms with E-state index in [0.717, 1.165) is 12.1 Å². The first-order valence-corrected chi connectivity index (χ1v) is 10.5. The zero-order valence-corrected chi connectivity index (χ0v) is 19.7. The van der Waals surface area contributed by atoms with Gasteiger partial charge in [-0.1, -0.05) is 15.9 Å². The Morgan fingerprint density at radius 3 is 1.89 bits per heavy atom. The van der Waals surface area contributed by atoms with E-state index in [1.165, 1.54) is 30.6 Å². The molecule has 0 saturated heterocycles. The lowest BCUT2D eigenvalue weighted by Crippen LogP contribution is -2.29. The van der Waals surface area contributed by atoms with Crippen molar-refractivity contribution in [2.75, 3.05) is 0 Å². The highest BCUT2D eigenvalue weighted by Crippen LogP contribution is 2.28. The first-order valence-electron chi connectivity index (χ1n) is 9.75. The van der Waals surface area contributed by atoms with Crippen molar-refractivity contribution in [1.82, 2.24) is 9.97 Å². The molecule has 0 unspecified atom stereocenters. The van der Waals surface area contributed by atoms with Gasteiger partial charge < -0.3 is 10.0 Å². The van der Waals surface area contributed by atoms with E-state index in [9.17, 15) is 17.6 Å². The van der Waals surface area contributed by atoms with Crippen molar-refractivity contribution in [3.05, 3.63) is 118 Å². The number of nitrogens with zero attached hydrogens (tertiary/aromatic N) is 4. The normalized spacial score (nSPS) is 9.47. The second-order valence-corrected chi connectivity index (χ2v) is 7.57. The smallest absolute Gasteiger partial charge is 0.423 e. The minimum absolute atomic E-state index is 0.295. The third kappa shape index (κ3) is 7.99. The molecule has 0 aliphatic carbocycles. The number of pyridine rings is 2. The quantitative estimate of drug-likeness (QED) is 0.158. The Morgan fingerprint density at radius 2 is 1.39 bits per heavy atom. The first-order chi connectivity index (χ1) is 17.2. The molecule has 4 rings (SSSR count). The SMILES string of the molecule is N#Cc1cc(Br)cc(F)c1F.OB(O)c1ccncc1.[C-]#[N+]c1cc(-c2ccncc2)cc(F)c1F. The van der Waals surface area contributed by atoms with Crippen LogP contribution in [0.3, 0.4) is 0 Å². The van der Waals surface area contributed by atoms with Gasteiger partial charge in [0.05, 0.1) is 12.1 Å². The molecule has 0 aliphatic rings. The molecule has 0 bridgehead atoms. The monoisotopic (exact) mass is 556 g/mol. The molecule has 2 aromatic carbocycles. The van der Waals surface area contributed by atoms with Crippen molar-refractivity contribution in [3.8, 4) is 17.2 Å². The van der Waals surface area contributed by atoms with E-state index < -0.39 is 30.4 Å². The summed E-state index contributed by atoms with van der Waals surface area (Å²) in [5, 5.41) is 25.4. The summed E-state index contributed by atoms with van der Waals surface area (Å²) in [6.45, 7) is 6.75. The summed E-state index contributed by atoms with van der Waals surface area (Å²) in [6.07, 6.45) is 6.12. The van der Waals surface area contributed by atoms with Gasteiger partial charge in [-0.3, -0.25) is 9.97 Å². The Morgan fingerprint density at radius 1 is 0.833 bits per heavy atom. The van der Waals surface area contributed by atoms with Gasteiger partial charge in [0.15, 0.2) is 17.5 Å². The molecule has 0 aliphatic heterocycles. The van der Waals surface area contributed by atoms with E-state index in [4.69, 9.17) is 21.9 Å². The molecule has 0 fully saturated rings. The Kier molecular flexibility index (Phi) is 10.7. The number of benzene rings is 2. The molecule has 6 nitrogen and oxygen atoms in total. The number of rotatable bonds is 2. The Bertz CT molecular complexity index is 1400. The molecule has 0 saturated carbocycles. The molecule has 4 aromatic rings. The predicted octanol–water partition coefficient (Wildman–Crippen LogP) is 4.94. The lowest BCUT2D eigenvalue weighted by Gasteiger charge is -2.03. The highest BCUT2D eigenvalue weighted by Gasteiger charge is 2.11. The van der Waals surface area contributed by atoms with Crippen LogP contribution in [0.25, 0.3) is 16.0 Å². The van der Waals surface area contributed by atoms with Crippen molar-refractivity contribution >= 4 is 34.2 Å². The van der Waals surface area contributed by atoms with Gasteiger partial charge in [-0.05, 0) is 65.1 Å². The molecule has 36 heavy (non-hydrogen) atoms. The van der Waals surface area contributed by atoms with E-state index in [1.807, 2.05) is 0 Å². The van der Waals surface area contributed by atoms with Gasteiger partial charge in [-0.15, -0.1) is 0 Å². The number of aromatic nitrogens is 2. The van der Waals surface area contributed by atoms with E-state index >= 15 is 0 Å². The van der Waals surface area contributed by atoms with Gasteiger partial charge in [0.2, 0.25) is 5.69 Å². The topological polar surface area (TPSA) is 94.4 Å². The molecule has 0 spiro atoms. The minimum Gasteiger partial charge on any atom is -0.423 e. The predicted molar refractivity (Wildman–Crippen MR) is 129 cm³/mol. The van der Waals surface area contributed by atoms with Crippen molar-refractivity contribution in [2.24, 2.45) is 0 Å². The van der Waals surface area contributed by atoms with Gasteiger partial charge in [-0.2, -0.15) is 5.26 Å². The second kappa shape index (κ2) is 13.7. The molecular weight excluding hydrogens is 543 g/mol. The van der Waals surface area contributed by atoms with Gasteiger partial charge in [0.25, 0.3) is 0 Å². The van der Waals surface area contributed by atoms with Crippen LogP contribution in [0.5, 0.6) is 0 Å². The number of nitriles is 1. The standard InChI is InChI=1S/C12H6F2N2.C7H2BrF2N.C5H6BNO2/c1-15-11-7-9(6-10(13)12(11)14)8-2-4-16-5-3-8;8-5-1-4(3-11)7(10)6(9)2-5;8-6(9)5-1-3-7-4-2-5/h2-7H;1-2H;1-4,8-9H. The maximum atomic E-state index is 13.2. The summed E-state index contributed by atoms with van der Waals surface area (Å²) in [5.74, 6) is -4.24. The number of hydrogen-bond donors (Lipinski definition) is 2. The second-order valence-electron chi connectivity index (χ2n) is 6.65. The van der Waals surface area contributed by atoms with Crippen LogP contribution >= 0.6 is 15.9 Å². The van der Waals surface area contributed by atoms with Crippen molar-refractivity contribution in [2.45, 2.75) is 0 Å². The van der Waals surface area contributed by atoms with Gasteiger partial charge >= 0.3 is 7.12 Å². The van der Waals surface area contributed by atoms with E-state index in [0.29, 0.717) is 21.1 Å². The fraction of sp³-hybridized carbons (Fsp3) is 0. The maximum Gasteiger partial charge on any atom is 0.488 e. The number of halogens is 5. The van der Waals surface area contributed by atoms with Crippen molar-refractivity contribution in [1.29, 1.82) is 5.26 Å². The lowest BCUT2D eigenvalue weighted by molar-refractivity contribution is 0.425. The van der Waals surface area contributed by atoms with Crippen LogP contribution in [-0.2, 0) is 0 Å². The summed E-state index contributed by atoms with van der Waals surface area (Å²) in [7, 11) is -1.38. The van der Waals surface area contributed by atoms with Gasteiger partial charge in [0, 0.05) is 29.3 Å². The fourth-order valence-electron chi connectivity index (χ4n) is 2.54. The highest BCUT2D eigenvalue weighted by molar-refractivity contribution is 9.10. The van der Waals surface area contributed by atoms with E-state index in [1.54, 1.807) is 36.7 Å². The molecule has 2 heterocycles. The Hall–Kier alpha value is -4.10. The molecule has 12 heteroatoms. The summed E-state index contributed by atoms with van der Waals surface area (Å²) < 4.78 is 51.7. The lowest BCUT2D eigenvalue weighted by atomic mass is 9.81. The molecule has 180 valence electrons. The number of hydrogen-bond acceptors (Lipinski definition) is 5. The third-order valence-corrected chi connectivity index (χ3v) is 4.72. The summed E-state index contributed by atoms with van der Waals surface area (Å²) in [5.41, 5.74) is 1.01. The Balaban J connectivity index is 0.000000200. The molecule has 0 radical (unpaired) electrons. The summed E-state index contributed by atoms with van der Waals surface area (Å²) in [4.78, 5) is 10.5. The fourth-order valence-corrected chi connectivity index (χ4v) is 2.97. The molecule has 2 N–H and O–H groups in total. The third-order valence-electron chi connectivity index (χ3n) is 4.26. The van der Waals surface area contributed by atoms with Crippen LogP contribution in [0.4, 0.5) is 23.2 Å². The minimum atomic E-state index is -1.38. The van der Waals surface area contributed by atoms with E-state index in [2.05, 4.69) is 30.7 Å².